The van der Waals surface area contributed by atoms with Gasteiger partial charge in [-0.05, 0) is 77.0 Å². The first-order valence-corrected chi connectivity index (χ1v) is 30.5. The largest absolute Gasteiger partial charge is 0.462 e. The molecule has 0 heterocycles. The van der Waals surface area contributed by atoms with Crippen molar-refractivity contribution in [1.29, 1.82) is 0 Å². The smallest absolute Gasteiger partial charge is 0.306 e. The van der Waals surface area contributed by atoms with Gasteiger partial charge >= 0.3 is 17.9 Å². The molecule has 0 radical (unpaired) electrons. The van der Waals surface area contributed by atoms with Crippen LogP contribution in [0.15, 0.2) is 36.5 Å². The average molecular weight is 970 g/mol. The first-order valence-electron chi connectivity index (χ1n) is 30.5. The second-order valence-corrected chi connectivity index (χ2v) is 20.6. The third-order valence-corrected chi connectivity index (χ3v) is 13.6. The van der Waals surface area contributed by atoms with Gasteiger partial charge in [0.15, 0.2) is 6.10 Å². The zero-order chi connectivity index (χ0) is 50.0. The number of esters is 3. The van der Waals surface area contributed by atoms with Crippen LogP contribution in [0, 0.1) is 0 Å². The number of ether oxygens (including phenoxy) is 3. The summed E-state index contributed by atoms with van der Waals surface area (Å²) in [4.78, 5) is 38.1. The van der Waals surface area contributed by atoms with Gasteiger partial charge in [-0.15, -0.1) is 0 Å². The normalized spacial score (nSPS) is 12.2. The zero-order valence-electron chi connectivity index (χ0n) is 46.3. The van der Waals surface area contributed by atoms with E-state index in [1.165, 1.54) is 218 Å². The van der Waals surface area contributed by atoms with Gasteiger partial charge in [0.25, 0.3) is 0 Å². The fraction of sp³-hybridized carbons (Fsp3) is 0.857. The summed E-state index contributed by atoms with van der Waals surface area (Å²) in [6.07, 6.45) is 70.1. The van der Waals surface area contributed by atoms with Crippen LogP contribution in [0.4, 0.5) is 0 Å². The van der Waals surface area contributed by atoms with E-state index in [2.05, 4.69) is 57.2 Å². The minimum absolute atomic E-state index is 0.0713. The maximum Gasteiger partial charge on any atom is 0.306 e. The summed E-state index contributed by atoms with van der Waals surface area (Å²) in [7, 11) is 0. The Morgan fingerprint density at radius 2 is 0.522 bits per heavy atom. The van der Waals surface area contributed by atoms with Crippen molar-refractivity contribution in [2.75, 3.05) is 13.2 Å². The summed E-state index contributed by atoms with van der Waals surface area (Å²) in [5.74, 6) is -0.864. The summed E-state index contributed by atoms with van der Waals surface area (Å²) in [5, 5.41) is 0. The predicted octanol–water partition coefficient (Wildman–Crippen LogP) is 20.4. The van der Waals surface area contributed by atoms with E-state index in [-0.39, 0.29) is 31.1 Å². The van der Waals surface area contributed by atoms with Gasteiger partial charge in [0, 0.05) is 19.3 Å². The molecule has 6 nitrogen and oxygen atoms in total. The molecule has 0 aliphatic rings. The number of unbranched alkanes of at least 4 members (excludes halogenated alkanes) is 39. The summed E-state index contributed by atoms with van der Waals surface area (Å²) in [6.45, 7) is 6.64. The molecule has 1 atom stereocenters. The molecule has 0 rings (SSSR count). The van der Waals surface area contributed by atoms with Crippen LogP contribution in [0.5, 0.6) is 0 Å². The van der Waals surface area contributed by atoms with Gasteiger partial charge in [-0.2, -0.15) is 0 Å². The topological polar surface area (TPSA) is 78.9 Å². The summed E-state index contributed by atoms with van der Waals surface area (Å²) >= 11 is 0. The number of hydrogen-bond acceptors (Lipinski definition) is 6. The Morgan fingerprint density at radius 3 is 0.812 bits per heavy atom. The van der Waals surface area contributed by atoms with E-state index >= 15 is 0 Å². The number of carbonyl (C=O) groups excluding carboxylic acids is 3. The maximum atomic E-state index is 12.8. The molecule has 404 valence electrons. The van der Waals surface area contributed by atoms with Crippen molar-refractivity contribution in [2.24, 2.45) is 0 Å². The lowest BCUT2D eigenvalue weighted by Gasteiger charge is -2.18. The third-order valence-electron chi connectivity index (χ3n) is 13.6. The molecule has 0 saturated carbocycles. The van der Waals surface area contributed by atoms with Crippen molar-refractivity contribution >= 4 is 17.9 Å². The van der Waals surface area contributed by atoms with Crippen LogP contribution in [0.2, 0.25) is 0 Å². The van der Waals surface area contributed by atoms with Crippen LogP contribution in [0.1, 0.15) is 329 Å². The Kier molecular flexibility index (Phi) is 56.2. The highest BCUT2D eigenvalue weighted by Gasteiger charge is 2.19. The van der Waals surface area contributed by atoms with E-state index in [1.807, 2.05) is 0 Å². The van der Waals surface area contributed by atoms with Crippen molar-refractivity contribution in [3.05, 3.63) is 36.5 Å². The summed E-state index contributed by atoms with van der Waals surface area (Å²) in [5.41, 5.74) is 0. The van der Waals surface area contributed by atoms with Crippen LogP contribution in [0.3, 0.4) is 0 Å². The van der Waals surface area contributed by atoms with Gasteiger partial charge < -0.3 is 14.2 Å². The molecule has 69 heavy (non-hydrogen) atoms. The Balaban J connectivity index is 4.14. The van der Waals surface area contributed by atoms with Crippen LogP contribution in [-0.2, 0) is 28.6 Å². The Labute approximate surface area is 429 Å². The van der Waals surface area contributed by atoms with Gasteiger partial charge in [0.05, 0.1) is 0 Å². The number of carbonyl (C=O) groups is 3. The molecule has 0 fully saturated rings. The van der Waals surface area contributed by atoms with Gasteiger partial charge in [0.2, 0.25) is 0 Å². The van der Waals surface area contributed by atoms with E-state index < -0.39 is 6.10 Å². The zero-order valence-corrected chi connectivity index (χ0v) is 46.3. The maximum absolute atomic E-state index is 12.8. The minimum Gasteiger partial charge on any atom is -0.462 e. The Morgan fingerprint density at radius 1 is 0.290 bits per heavy atom. The highest BCUT2D eigenvalue weighted by Crippen LogP contribution is 2.17. The third kappa shape index (κ3) is 56.4. The minimum atomic E-state index is -0.772. The molecular formula is C63H116O6. The highest BCUT2D eigenvalue weighted by atomic mass is 16.6. The standard InChI is InChI=1S/C63H116O6/c1-4-7-10-13-16-19-22-24-26-27-28-29-30-31-32-33-34-35-36-37-38-40-41-44-47-50-53-56-62(65)68-59-60(58-67-61(64)55-52-49-46-43-21-18-15-12-9-6-3)69-63(66)57-54-51-48-45-42-39-25-23-20-17-14-11-8-5-2/h22-25,27-28,60H,4-21,26,29-59H2,1-3H3/b24-22-,25-23-,28-27-. The first kappa shape index (κ1) is 66.6. The molecule has 0 aliphatic carbocycles. The second-order valence-electron chi connectivity index (χ2n) is 20.6. The lowest BCUT2D eigenvalue weighted by atomic mass is 10.0. The lowest BCUT2D eigenvalue weighted by Crippen LogP contribution is -2.30. The summed E-state index contributed by atoms with van der Waals surface area (Å²) < 4.78 is 16.9. The molecule has 0 aromatic rings. The molecule has 6 heteroatoms. The molecule has 0 bridgehead atoms. The first-order chi connectivity index (χ1) is 34.0. The van der Waals surface area contributed by atoms with Gasteiger partial charge in [-0.3, -0.25) is 14.4 Å². The van der Waals surface area contributed by atoms with Crippen LogP contribution in [-0.4, -0.2) is 37.2 Å². The molecule has 0 amide bonds. The molecule has 1 unspecified atom stereocenters. The average Bonchev–Trinajstić information content (AvgIpc) is 3.35. The van der Waals surface area contributed by atoms with Gasteiger partial charge in [-0.1, -0.05) is 269 Å². The van der Waals surface area contributed by atoms with E-state index in [0.29, 0.717) is 19.3 Å². The fourth-order valence-corrected chi connectivity index (χ4v) is 9.00. The van der Waals surface area contributed by atoms with E-state index in [0.717, 1.165) is 70.6 Å². The van der Waals surface area contributed by atoms with Crippen LogP contribution in [0.25, 0.3) is 0 Å². The van der Waals surface area contributed by atoms with E-state index in [1.54, 1.807) is 0 Å². The van der Waals surface area contributed by atoms with Gasteiger partial charge in [0.1, 0.15) is 13.2 Å². The van der Waals surface area contributed by atoms with Crippen molar-refractivity contribution in [1.82, 2.24) is 0 Å². The van der Waals surface area contributed by atoms with E-state index in [9.17, 15) is 14.4 Å². The highest BCUT2D eigenvalue weighted by molar-refractivity contribution is 5.71. The van der Waals surface area contributed by atoms with Crippen molar-refractivity contribution in [2.45, 2.75) is 335 Å². The predicted molar refractivity (Wildman–Crippen MR) is 298 cm³/mol. The number of hydrogen-bond donors (Lipinski definition) is 0. The molecule has 0 aromatic heterocycles. The molecular weight excluding hydrogens is 853 g/mol. The molecule has 0 aliphatic heterocycles. The molecule has 0 saturated heterocycles. The molecule has 0 N–H and O–H groups in total. The lowest BCUT2D eigenvalue weighted by molar-refractivity contribution is -0.167. The number of allylic oxidation sites excluding steroid dienone is 6. The second kappa shape index (κ2) is 58.2. The molecule has 0 aromatic carbocycles. The van der Waals surface area contributed by atoms with Crippen LogP contribution >= 0.6 is 0 Å². The number of rotatable bonds is 56. The quantitative estimate of drug-likeness (QED) is 0.0261. The monoisotopic (exact) mass is 969 g/mol. The van der Waals surface area contributed by atoms with Crippen molar-refractivity contribution in [3.8, 4) is 0 Å². The van der Waals surface area contributed by atoms with Crippen molar-refractivity contribution in [3.63, 3.8) is 0 Å². The SMILES string of the molecule is CCCCCCC/C=C\C/C=C\CCCCCCCCCCCCCCCCCC(=O)OCC(COC(=O)CCCCCCCCCCCC)OC(=O)CCCCCCC/C=C\CCCCCCC. The van der Waals surface area contributed by atoms with Gasteiger partial charge in [-0.25, -0.2) is 0 Å². The Bertz CT molecular complexity index is 1160. The Hall–Kier alpha value is -2.37. The van der Waals surface area contributed by atoms with Crippen LogP contribution < -0.4 is 0 Å². The van der Waals surface area contributed by atoms with E-state index in [4.69, 9.17) is 14.2 Å². The summed E-state index contributed by atoms with van der Waals surface area (Å²) in [6, 6.07) is 0. The van der Waals surface area contributed by atoms with Crippen molar-refractivity contribution < 1.29 is 28.6 Å². The molecule has 0 spiro atoms. The fourth-order valence-electron chi connectivity index (χ4n) is 9.00.